The zero-order valence-corrected chi connectivity index (χ0v) is 13.9. The lowest BCUT2D eigenvalue weighted by Crippen LogP contribution is -2.01. The Bertz CT molecular complexity index is 919. The largest absolute Gasteiger partial charge is 0.481 e. The van der Waals surface area contributed by atoms with E-state index in [1.54, 1.807) is 0 Å². The molecule has 0 spiro atoms. The molecular weight excluding hydrogens is 286 g/mol. The van der Waals surface area contributed by atoms with E-state index >= 15 is 0 Å². The second-order valence-electron chi connectivity index (χ2n) is 6.37. The predicted octanol–water partition coefficient (Wildman–Crippen LogP) is 4.70. The summed E-state index contributed by atoms with van der Waals surface area (Å²) in [6.07, 6.45) is 0.0194. The highest BCUT2D eigenvalue weighted by Gasteiger charge is 2.18. The Balaban J connectivity index is 2.35. The summed E-state index contributed by atoms with van der Waals surface area (Å²) in [5.74, 6) is -0.809. The number of aromatic amines is 1. The minimum absolute atomic E-state index is 0.0194. The quantitative estimate of drug-likeness (QED) is 0.737. The number of fused-ring (bicyclic) bond motifs is 1. The van der Waals surface area contributed by atoms with E-state index < -0.39 is 5.97 Å². The molecule has 0 saturated carbocycles. The van der Waals surface area contributed by atoms with E-state index in [1.165, 1.54) is 5.56 Å². The van der Waals surface area contributed by atoms with Crippen LogP contribution in [0.4, 0.5) is 0 Å². The molecule has 1 aromatic heterocycles. The molecule has 3 heteroatoms. The molecule has 1 heterocycles. The molecule has 2 aromatic carbocycles. The maximum atomic E-state index is 11.4. The van der Waals surface area contributed by atoms with Gasteiger partial charge in [0.25, 0.3) is 0 Å². The number of hydrogen-bond acceptors (Lipinski definition) is 1. The summed E-state index contributed by atoms with van der Waals surface area (Å²) in [4.78, 5) is 14.9. The van der Waals surface area contributed by atoms with Crippen LogP contribution in [0.15, 0.2) is 30.3 Å². The molecular formula is C20H21NO2. The van der Waals surface area contributed by atoms with Gasteiger partial charge in [-0.1, -0.05) is 35.4 Å². The number of carbonyl (C=O) groups is 1. The average Bonchev–Trinajstić information content (AvgIpc) is 2.77. The molecule has 3 nitrogen and oxygen atoms in total. The first-order valence-electron chi connectivity index (χ1n) is 7.78. The predicted molar refractivity (Wildman–Crippen MR) is 94.0 cm³/mol. The summed E-state index contributed by atoms with van der Waals surface area (Å²) in [6.45, 7) is 8.23. The maximum Gasteiger partial charge on any atom is 0.307 e. The SMILES string of the molecule is Cc1ccc(-c2[nH]c3c(C)cc(C)cc3c2CC(=O)O)c(C)c1. The minimum atomic E-state index is -0.809. The molecule has 3 rings (SSSR count). The molecule has 0 fully saturated rings. The normalized spacial score (nSPS) is 11.1. The van der Waals surface area contributed by atoms with Crippen LogP contribution in [0.5, 0.6) is 0 Å². The van der Waals surface area contributed by atoms with E-state index in [4.69, 9.17) is 0 Å². The average molecular weight is 307 g/mol. The van der Waals surface area contributed by atoms with Crippen LogP contribution in [0.2, 0.25) is 0 Å². The molecule has 3 aromatic rings. The van der Waals surface area contributed by atoms with Gasteiger partial charge in [0.1, 0.15) is 0 Å². The van der Waals surface area contributed by atoms with Crippen molar-refractivity contribution in [3.05, 3.63) is 58.1 Å². The van der Waals surface area contributed by atoms with Gasteiger partial charge in [-0.2, -0.15) is 0 Å². The van der Waals surface area contributed by atoms with Crippen molar-refractivity contribution in [1.82, 2.24) is 4.98 Å². The van der Waals surface area contributed by atoms with Gasteiger partial charge in [0, 0.05) is 16.5 Å². The Kier molecular flexibility index (Phi) is 3.72. The molecule has 23 heavy (non-hydrogen) atoms. The lowest BCUT2D eigenvalue weighted by Gasteiger charge is -2.08. The third kappa shape index (κ3) is 2.74. The Labute approximate surface area is 136 Å². The third-order valence-corrected chi connectivity index (χ3v) is 4.34. The first-order valence-corrected chi connectivity index (χ1v) is 7.78. The van der Waals surface area contributed by atoms with Crippen molar-refractivity contribution in [2.24, 2.45) is 0 Å². The van der Waals surface area contributed by atoms with Gasteiger partial charge in [-0.15, -0.1) is 0 Å². The van der Waals surface area contributed by atoms with E-state index in [9.17, 15) is 9.90 Å². The maximum absolute atomic E-state index is 11.4. The molecule has 0 atom stereocenters. The summed E-state index contributed by atoms with van der Waals surface area (Å²) >= 11 is 0. The monoisotopic (exact) mass is 307 g/mol. The Morgan fingerprint density at radius 3 is 2.35 bits per heavy atom. The van der Waals surface area contributed by atoms with Crippen molar-refractivity contribution < 1.29 is 9.90 Å². The lowest BCUT2D eigenvalue weighted by molar-refractivity contribution is -0.136. The number of aryl methyl sites for hydroxylation is 4. The molecule has 0 aliphatic rings. The van der Waals surface area contributed by atoms with Crippen LogP contribution < -0.4 is 0 Å². The number of carboxylic acid groups (broad SMARTS) is 1. The molecule has 0 saturated heterocycles. The van der Waals surface area contributed by atoms with Crippen LogP contribution in [0, 0.1) is 27.7 Å². The second-order valence-corrected chi connectivity index (χ2v) is 6.37. The highest BCUT2D eigenvalue weighted by Crippen LogP contribution is 2.34. The molecule has 0 amide bonds. The number of H-pyrrole nitrogens is 1. The standard InChI is InChI=1S/C20H21NO2/c1-11-5-6-15(13(3)7-11)20-17(10-18(22)23)16-9-12(2)8-14(4)19(16)21-20/h5-9,21H,10H2,1-4H3,(H,22,23). The van der Waals surface area contributed by atoms with E-state index in [2.05, 4.69) is 56.1 Å². The topological polar surface area (TPSA) is 53.1 Å². The molecule has 0 aliphatic heterocycles. The van der Waals surface area contributed by atoms with Crippen LogP contribution >= 0.6 is 0 Å². The van der Waals surface area contributed by atoms with Gasteiger partial charge < -0.3 is 10.1 Å². The fourth-order valence-corrected chi connectivity index (χ4v) is 3.37. The highest BCUT2D eigenvalue weighted by atomic mass is 16.4. The zero-order valence-electron chi connectivity index (χ0n) is 13.9. The number of aliphatic carboxylic acids is 1. The fraction of sp³-hybridized carbons (Fsp3) is 0.250. The van der Waals surface area contributed by atoms with Crippen LogP contribution in [-0.4, -0.2) is 16.1 Å². The molecule has 2 N–H and O–H groups in total. The van der Waals surface area contributed by atoms with Crippen LogP contribution in [0.3, 0.4) is 0 Å². The van der Waals surface area contributed by atoms with Crippen molar-refractivity contribution in [2.75, 3.05) is 0 Å². The van der Waals surface area contributed by atoms with Crippen LogP contribution in [0.25, 0.3) is 22.2 Å². The fourth-order valence-electron chi connectivity index (χ4n) is 3.37. The molecule has 0 unspecified atom stereocenters. The van der Waals surface area contributed by atoms with Gasteiger partial charge >= 0.3 is 5.97 Å². The van der Waals surface area contributed by atoms with Gasteiger partial charge in [0.2, 0.25) is 0 Å². The van der Waals surface area contributed by atoms with Gasteiger partial charge in [0.05, 0.1) is 12.1 Å². The third-order valence-electron chi connectivity index (χ3n) is 4.34. The summed E-state index contributed by atoms with van der Waals surface area (Å²) in [7, 11) is 0. The number of carboxylic acids is 1. The molecule has 118 valence electrons. The van der Waals surface area contributed by atoms with E-state index in [0.29, 0.717) is 0 Å². The van der Waals surface area contributed by atoms with Crippen LogP contribution in [-0.2, 0) is 11.2 Å². The zero-order chi connectivity index (χ0) is 16.7. The van der Waals surface area contributed by atoms with Crippen molar-refractivity contribution in [2.45, 2.75) is 34.1 Å². The molecule has 0 bridgehead atoms. The van der Waals surface area contributed by atoms with Crippen molar-refractivity contribution in [1.29, 1.82) is 0 Å². The van der Waals surface area contributed by atoms with Gasteiger partial charge in [-0.25, -0.2) is 0 Å². The van der Waals surface area contributed by atoms with Gasteiger partial charge in [0.15, 0.2) is 0 Å². The lowest BCUT2D eigenvalue weighted by atomic mass is 9.97. The van der Waals surface area contributed by atoms with Crippen molar-refractivity contribution in [3.8, 4) is 11.3 Å². The summed E-state index contributed by atoms with van der Waals surface area (Å²) in [6, 6.07) is 10.5. The van der Waals surface area contributed by atoms with E-state index in [1.807, 2.05) is 6.92 Å². The number of hydrogen-bond donors (Lipinski definition) is 2. The van der Waals surface area contributed by atoms with E-state index in [0.717, 1.165) is 44.4 Å². The summed E-state index contributed by atoms with van der Waals surface area (Å²) in [5.41, 5.74) is 8.53. The molecule has 0 radical (unpaired) electrons. The van der Waals surface area contributed by atoms with Crippen molar-refractivity contribution >= 4 is 16.9 Å². The van der Waals surface area contributed by atoms with Gasteiger partial charge in [-0.3, -0.25) is 4.79 Å². The number of aromatic nitrogens is 1. The van der Waals surface area contributed by atoms with Gasteiger partial charge in [-0.05, 0) is 50.5 Å². The molecule has 0 aliphatic carbocycles. The first kappa shape index (κ1) is 15.3. The Morgan fingerprint density at radius 1 is 1.00 bits per heavy atom. The summed E-state index contributed by atoms with van der Waals surface area (Å²) < 4.78 is 0. The smallest absolute Gasteiger partial charge is 0.307 e. The minimum Gasteiger partial charge on any atom is -0.481 e. The highest BCUT2D eigenvalue weighted by molar-refractivity contribution is 5.96. The number of benzene rings is 2. The first-order chi connectivity index (χ1) is 10.9. The second kappa shape index (κ2) is 5.58. The number of nitrogens with one attached hydrogen (secondary N) is 1. The van der Waals surface area contributed by atoms with Crippen LogP contribution in [0.1, 0.15) is 27.8 Å². The Morgan fingerprint density at radius 2 is 1.70 bits per heavy atom. The Hall–Kier alpha value is -2.55. The number of rotatable bonds is 3. The van der Waals surface area contributed by atoms with Crippen molar-refractivity contribution in [3.63, 3.8) is 0 Å². The van der Waals surface area contributed by atoms with E-state index in [-0.39, 0.29) is 6.42 Å². The summed E-state index contributed by atoms with van der Waals surface area (Å²) in [5, 5.41) is 10.4.